The van der Waals surface area contributed by atoms with Gasteiger partial charge < -0.3 is 0 Å². The molecule has 6 nitrogen and oxygen atoms in total. The zero-order valence-corrected chi connectivity index (χ0v) is 10.7. The molecule has 96 valence electrons. The number of hydrogen-bond acceptors (Lipinski definition) is 4. The van der Waals surface area contributed by atoms with Gasteiger partial charge in [-0.1, -0.05) is 18.2 Å². The molecular formula is C13H13N5O. The highest BCUT2D eigenvalue weighted by Gasteiger charge is 2.17. The molecule has 0 aliphatic carbocycles. The number of rotatable bonds is 3. The first-order valence-electron chi connectivity index (χ1n) is 5.94. The monoisotopic (exact) mass is 255 g/mol. The molecule has 0 aliphatic heterocycles. The molecule has 0 radical (unpaired) electrons. The number of Topliss-reactive ketones (excluding diaryl/α,β-unsaturated/α-hetero) is 1. The van der Waals surface area contributed by atoms with Gasteiger partial charge in [0.05, 0.1) is 11.9 Å². The van der Waals surface area contributed by atoms with E-state index in [9.17, 15) is 4.79 Å². The van der Waals surface area contributed by atoms with Crippen molar-refractivity contribution in [2.75, 3.05) is 0 Å². The van der Waals surface area contributed by atoms with Gasteiger partial charge in [0.1, 0.15) is 17.8 Å². The number of aromatic nitrogens is 5. The molecule has 2 aromatic heterocycles. The van der Waals surface area contributed by atoms with Gasteiger partial charge in [-0.3, -0.25) is 14.2 Å². The number of fused-ring (bicyclic) bond motifs is 1. The number of carbonyl (C=O) groups is 1. The van der Waals surface area contributed by atoms with Crippen molar-refractivity contribution in [2.24, 2.45) is 14.1 Å². The molecule has 6 heteroatoms. The molecule has 0 fully saturated rings. The first kappa shape index (κ1) is 11.6. The van der Waals surface area contributed by atoms with Crippen molar-refractivity contribution in [1.82, 2.24) is 24.5 Å². The maximum atomic E-state index is 12.3. The van der Waals surface area contributed by atoms with Crippen LogP contribution in [0.4, 0.5) is 0 Å². The standard InChI is InChI=1S/C13H13N5O/c1-17-10-6-4-3-5-9(10)13(16-17)11(19)7-12-14-8-15-18(12)2/h3-6,8H,7H2,1-2H3. The van der Waals surface area contributed by atoms with Crippen LogP contribution in [0.5, 0.6) is 0 Å². The van der Waals surface area contributed by atoms with Crippen molar-refractivity contribution in [3.63, 3.8) is 0 Å². The molecule has 0 bridgehead atoms. The molecule has 2 heterocycles. The second kappa shape index (κ2) is 4.31. The summed E-state index contributed by atoms with van der Waals surface area (Å²) in [4.78, 5) is 16.4. The average Bonchev–Trinajstić information content (AvgIpc) is 2.95. The third-order valence-corrected chi connectivity index (χ3v) is 3.15. The number of nitrogens with zero attached hydrogens (tertiary/aromatic N) is 5. The first-order valence-corrected chi connectivity index (χ1v) is 5.94. The van der Waals surface area contributed by atoms with E-state index in [-0.39, 0.29) is 12.2 Å². The maximum Gasteiger partial charge on any atom is 0.191 e. The second-order valence-electron chi connectivity index (χ2n) is 4.39. The lowest BCUT2D eigenvalue weighted by molar-refractivity contribution is 0.0985. The molecule has 3 rings (SSSR count). The van der Waals surface area contributed by atoms with Crippen LogP contribution in [0.2, 0.25) is 0 Å². The molecule has 0 atom stereocenters. The van der Waals surface area contributed by atoms with Crippen LogP contribution in [-0.2, 0) is 20.5 Å². The van der Waals surface area contributed by atoms with Crippen molar-refractivity contribution in [3.05, 3.63) is 42.1 Å². The molecular weight excluding hydrogens is 242 g/mol. The summed E-state index contributed by atoms with van der Waals surface area (Å²) in [5, 5.41) is 9.14. The van der Waals surface area contributed by atoms with Gasteiger partial charge in [0.2, 0.25) is 0 Å². The van der Waals surface area contributed by atoms with Crippen molar-refractivity contribution < 1.29 is 4.79 Å². The fraction of sp³-hybridized carbons (Fsp3) is 0.231. The summed E-state index contributed by atoms with van der Waals surface area (Å²) in [7, 11) is 3.60. The van der Waals surface area contributed by atoms with E-state index in [2.05, 4.69) is 15.2 Å². The number of benzene rings is 1. The smallest absolute Gasteiger partial charge is 0.191 e. The summed E-state index contributed by atoms with van der Waals surface area (Å²) in [5.74, 6) is 0.590. The van der Waals surface area contributed by atoms with Gasteiger partial charge in [0, 0.05) is 19.5 Å². The number of ketones is 1. The molecule has 0 spiro atoms. The van der Waals surface area contributed by atoms with E-state index in [4.69, 9.17) is 0 Å². The van der Waals surface area contributed by atoms with Crippen LogP contribution < -0.4 is 0 Å². The maximum absolute atomic E-state index is 12.3. The van der Waals surface area contributed by atoms with E-state index in [1.54, 1.807) is 16.4 Å². The summed E-state index contributed by atoms with van der Waals surface area (Å²) < 4.78 is 3.32. The quantitative estimate of drug-likeness (QED) is 0.658. The van der Waals surface area contributed by atoms with Crippen molar-refractivity contribution in [1.29, 1.82) is 0 Å². The highest BCUT2D eigenvalue weighted by atomic mass is 16.1. The topological polar surface area (TPSA) is 65.6 Å². The highest BCUT2D eigenvalue weighted by Crippen LogP contribution is 2.18. The SMILES string of the molecule is Cn1ncnc1CC(=O)c1nn(C)c2ccccc12. The van der Waals surface area contributed by atoms with Crippen LogP contribution in [0.15, 0.2) is 30.6 Å². The van der Waals surface area contributed by atoms with Gasteiger partial charge in [0.25, 0.3) is 0 Å². The number of aryl methyl sites for hydroxylation is 2. The van der Waals surface area contributed by atoms with E-state index in [1.165, 1.54) is 6.33 Å². The largest absolute Gasteiger partial charge is 0.292 e. The zero-order valence-electron chi connectivity index (χ0n) is 10.7. The number of hydrogen-bond donors (Lipinski definition) is 0. The molecule has 0 N–H and O–H groups in total. The minimum atomic E-state index is -0.0482. The highest BCUT2D eigenvalue weighted by molar-refractivity contribution is 6.06. The first-order chi connectivity index (χ1) is 9.16. The lowest BCUT2D eigenvalue weighted by atomic mass is 10.1. The van der Waals surface area contributed by atoms with Gasteiger partial charge in [-0.15, -0.1) is 0 Å². The Bertz CT molecular complexity index is 755. The third-order valence-electron chi connectivity index (χ3n) is 3.15. The Balaban J connectivity index is 2.01. The Morgan fingerprint density at radius 2 is 2.00 bits per heavy atom. The predicted molar refractivity (Wildman–Crippen MR) is 69.8 cm³/mol. The molecule has 0 saturated heterocycles. The lowest BCUT2D eigenvalue weighted by Crippen LogP contribution is -2.10. The molecule has 1 aromatic carbocycles. The molecule has 0 saturated carbocycles. The minimum Gasteiger partial charge on any atom is -0.292 e. The summed E-state index contributed by atoms with van der Waals surface area (Å²) >= 11 is 0. The second-order valence-corrected chi connectivity index (χ2v) is 4.39. The fourth-order valence-corrected chi connectivity index (χ4v) is 2.13. The van der Waals surface area contributed by atoms with Crippen LogP contribution in [0.1, 0.15) is 16.3 Å². The Morgan fingerprint density at radius 1 is 1.21 bits per heavy atom. The molecule has 0 unspecified atom stereocenters. The van der Waals surface area contributed by atoms with E-state index < -0.39 is 0 Å². The summed E-state index contributed by atoms with van der Waals surface area (Å²) in [5.41, 5.74) is 1.44. The van der Waals surface area contributed by atoms with Crippen LogP contribution in [0.25, 0.3) is 10.9 Å². The summed E-state index contributed by atoms with van der Waals surface area (Å²) in [6.07, 6.45) is 1.65. The zero-order chi connectivity index (χ0) is 13.4. The minimum absolute atomic E-state index is 0.0482. The Kier molecular flexibility index (Phi) is 2.63. The summed E-state index contributed by atoms with van der Waals surface area (Å²) in [6, 6.07) is 7.69. The van der Waals surface area contributed by atoms with Crippen molar-refractivity contribution >= 4 is 16.7 Å². The van der Waals surface area contributed by atoms with Gasteiger partial charge in [-0.05, 0) is 6.07 Å². The van der Waals surface area contributed by atoms with Crippen LogP contribution in [-0.4, -0.2) is 30.3 Å². The van der Waals surface area contributed by atoms with Crippen LogP contribution in [0, 0.1) is 0 Å². The normalized spacial score (nSPS) is 11.1. The summed E-state index contributed by atoms with van der Waals surface area (Å²) in [6.45, 7) is 0. The van der Waals surface area contributed by atoms with Gasteiger partial charge in [0.15, 0.2) is 5.78 Å². The van der Waals surface area contributed by atoms with Gasteiger partial charge in [-0.25, -0.2) is 4.98 Å². The third kappa shape index (κ3) is 1.91. The van der Waals surface area contributed by atoms with Gasteiger partial charge >= 0.3 is 0 Å². The molecule has 19 heavy (non-hydrogen) atoms. The fourth-order valence-electron chi connectivity index (χ4n) is 2.13. The average molecular weight is 255 g/mol. The predicted octanol–water partition coefficient (Wildman–Crippen LogP) is 1.13. The lowest BCUT2D eigenvalue weighted by Gasteiger charge is -1.98. The van der Waals surface area contributed by atoms with E-state index >= 15 is 0 Å². The Morgan fingerprint density at radius 3 is 2.74 bits per heavy atom. The molecule has 3 aromatic rings. The van der Waals surface area contributed by atoms with E-state index in [1.807, 2.05) is 31.3 Å². The molecule has 0 aliphatic rings. The van der Waals surface area contributed by atoms with Crippen LogP contribution in [0.3, 0.4) is 0 Å². The number of carbonyl (C=O) groups excluding carboxylic acids is 1. The van der Waals surface area contributed by atoms with Crippen molar-refractivity contribution in [3.8, 4) is 0 Å². The Hall–Kier alpha value is -2.50. The van der Waals surface area contributed by atoms with E-state index in [0.717, 1.165) is 10.9 Å². The van der Waals surface area contributed by atoms with Crippen molar-refractivity contribution in [2.45, 2.75) is 6.42 Å². The van der Waals surface area contributed by atoms with E-state index in [0.29, 0.717) is 11.5 Å². The Labute approximate surface area is 109 Å². The number of para-hydroxylation sites is 1. The van der Waals surface area contributed by atoms with Crippen LogP contribution >= 0.6 is 0 Å². The molecule has 0 amide bonds. The van der Waals surface area contributed by atoms with Gasteiger partial charge in [-0.2, -0.15) is 10.2 Å².